The van der Waals surface area contributed by atoms with E-state index in [-0.39, 0.29) is 6.61 Å². The van der Waals surface area contributed by atoms with Gasteiger partial charge in [0.2, 0.25) is 0 Å². The van der Waals surface area contributed by atoms with Crippen LogP contribution in [0.15, 0.2) is 48.5 Å². The summed E-state index contributed by atoms with van der Waals surface area (Å²) in [6.45, 7) is 5.03. The molecule has 0 saturated carbocycles. The molecule has 3 aromatic rings. The van der Waals surface area contributed by atoms with Crippen molar-refractivity contribution in [3.63, 3.8) is 0 Å². The van der Waals surface area contributed by atoms with Crippen molar-refractivity contribution in [2.75, 3.05) is 5.32 Å². The van der Waals surface area contributed by atoms with E-state index in [2.05, 4.69) is 31.3 Å². The average Bonchev–Trinajstić information content (AvgIpc) is 2.64. The van der Waals surface area contributed by atoms with Crippen molar-refractivity contribution in [3.05, 3.63) is 90.9 Å². The Morgan fingerprint density at radius 2 is 1.57 bits per heavy atom. The second-order valence-electron chi connectivity index (χ2n) is 6.51. The Balaban J connectivity index is 1.71. The summed E-state index contributed by atoms with van der Waals surface area (Å²) in [5, 5.41) is 5.45. The summed E-state index contributed by atoms with van der Waals surface area (Å²) >= 11 is 24.9. The molecule has 0 aromatic heterocycles. The third kappa shape index (κ3) is 5.07. The molecule has 0 atom stereocenters. The van der Waals surface area contributed by atoms with Crippen LogP contribution < -0.4 is 10.1 Å². The maximum Gasteiger partial charge on any atom is 0.156 e. The van der Waals surface area contributed by atoms with Gasteiger partial charge in [-0.05, 0) is 60.9 Å². The Morgan fingerprint density at radius 3 is 2.25 bits per heavy atom. The van der Waals surface area contributed by atoms with Crippen LogP contribution in [-0.4, -0.2) is 0 Å². The van der Waals surface area contributed by atoms with E-state index in [1.54, 1.807) is 12.1 Å². The summed E-state index contributed by atoms with van der Waals surface area (Å²) < 4.78 is 5.82. The predicted molar refractivity (Wildman–Crippen MR) is 120 cm³/mol. The Labute approximate surface area is 185 Å². The summed E-state index contributed by atoms with van der Waals surface area (Å²) in [7, 11) is 0. The van der Waals surface area contributed by atoms with E-state index in [1.165, 1.54) is 11.1 Å². The van der Waals surface area contributed by atoms with Crippen LogP contribution in [0.2, 0.25) is 20.1 Å². The number of aryl methyl sites for hydroxylation is 1. The van der Waals surface area contributed by atoms with Crippen molar-refractivity contribution in [2.45, 2.75) is 27.0 Å². The van der Waals surface area contributed by atoms with Crippen molar-refractivity contribution in [1.29, 1.82) is 0 Å². The van der Waals surface area contributed by atoms with E-state index in [0.29, 0.717) is 32.4 Å². The highest BCUT2D eigenvalue weighted by Gasteiger charge is 2.12. The number of halogens is 4. The van der Waals surface area contributed by atoms with Crippen molar-refractivity contribution in [3.8, 4) is 5.75 Å². The highest BCUT2D eigenvalue weighted by Crippen LogP contribution is 2.35. The summed E-state index contributed by atoms with van der Waals surface area (Å²) in [6, 6.07) is 15.1. The van der Waals surface area contributed by atoms with Crippen LogP contribution in [-0.2, 0) is 13.2 Å². The lowest BCUT2D eigenvalue weighted by Crippen LogP contribution is -2.03. The smallest absolute Gasteiger partial charge is 0.156 e. The largest absolute Gasteiger partial charge is 0.486 e. The van der Waals surface area contributed by atoms with E-state index >= 15 is 0 Å². The van der Waals surface area contributed by atoms with Crippen LogP contribution in [0.5, 0.6) is 5.75 Å². The molecular formula is C22H19Cl4NO. The molecule has 0 unspecified atom stereocenters. The van der Waals surface area contributed by atoms with Gasteiger partial charge in [0.15, 0.2) is 5.75 Å². The van der Waals surface area contributed by atoms with Gasteiger partial charge in [0.05, 0.1) is 10.0 Å². The number of rotatable bonds is 6. The van der Waals surface area contributed by atoms with E-state index < -0.39 is 0 Å². The number of benzene rings is 3. The van der Waals surface area contributed by atoms with Gasteiger partial charge in [-0.25, -0.2) is 0 Å². The quantitative estimate of drug-likeness (QED) is 0.406. The molecule has 2 nitrogen and oxygen atoms in total. The second kappa shape index (κ2) is 9.28. The Bertz CT molecular complexity index is 981. The fraction of sp³-hybridized carbons (Fsp3) is 0.182. The molecule has 3 rings (SSSR count). The fourth-order valence-corrected chi connectivity index (χ4v) is 3.89. The lowest BCUT2D eigenvalue weighted by molar-refractivity contribution is 0.306. The number of hydrogen-bond acceptors (Lipinski definition) is 2. The first-order valence-corrected chi connectivity index (χ1v) is 10.2. The lowest BCUT2D eigenvalue weighted by atomic mass is 10.1. The molecule has 0 heterocycles. The van der Waals surface area contributed by atoms with Gasteiger partial charge in [0.1, 0.15) is 6.61 Å². The second-order valence-corrected chi connectivity index (χ2v) is 8.17. The first-order chi connectivity index (χ1) is 13.3. The topological polar surface area (TPSA) is 21.3 Å². The number of hydrogen-bond donors (Lipinski definition) is 1. The van der Waals surface area contributed by atoms with Gasteiger partial charge in [0, 0.05) is 27.8 Å². The standard InChI is InChI=1S/C22H19Cl4NO/c1-13-4-3-5-21(14(13)2)27-11-15-8-19(25)22(20(26)9-15)28-12-16-6-7-17(23)10-18(16)24/h3-10,27H,11-12H2,1-2H3. The number of ether oxygens (including phenoxy) is 1. The van der Waals surface area contributed by atoms with Crippen molar-refractivity contribution in [2.24, 2.45) is 0 Å². The minimum Gasteiger partial charge on any atom is -0.486 e. The van der Waals surface area contributed by atoms with E-state index in [0.717, 1.165) is 16.8 Å². The molecule has 0 fully saturated rings. The number of nitrogens with one attached hydrogen (secondary N) is 1. The molecule has 0 bridgehead atoms. The van der Waals surface area contributed by atoms with E-state index in [1.807, 2.05) is 24.3 Å². The molecule has 0 aliphatic carbocycles. The van der Waals surface area contributed by atoms with Crippen molar-refractivity contribution >= 4 is 52.1 Å². The van der Waals surface area contributed by atoms with Crippen molar-refractivity contribution in [1.82, 2.24) is 0 Å². The maximum atomic E-state index is 6.41. The molecule has 3 aromatic carbocycles. The first kappa shape index (κ1) is 21.1. The molecule has 0 spiro atoms. The van der Waals surface area contributed by atoms with Crippen LogP contribution in [0, 0.1) is 13.8 Å². The maximum absolute atomic E-state index is 6.41. The molecule has 6 heteroatoms. The van der Waals surface area contributed by atoms with Gasteiger partial charge in [-0.15, -0.1) is 0 Å². The molecule has 146 valence electrons. The van der Waals surface area contributed by atoms with Crippen LogP contribution in [0.25, 0.3) is 0 Å². The zero-order valence-electron chi connectivity index (χ0n) is 15.5. The molecular weight excluding hydrogens is 436 g/mol. The number of anilines is 1. The normalized spacial score (nSPS) is 10.8. The van der Waals surface area contributed by atoms with Crippen LogP contribution in [0.3, 0.4) is 0 Å². The van der Waals surface area contributed by atoms with Crippen LogP contribution >= 0.6 is 46.4 Å². The first-order valence-electron chi connectivity index (χ1n) is 8.70. The molecule has 0 aliphatic rings. The van der Waals surface area contributed by atoms with Crippen LogP contribution in [0.1, 0.15) is 22.3 Å². The van der Waals surface area contributed by atoms with Crippen LogP contribution in [0.4, 0.5) is 5.69 Å². The summed E-state index contributed by atoms with van der Waals surface area (Å²) in [5.74, 6) is 0.435. The molecule has 0 radical (unpaired) electrons. The monoisotopic (exact) mass is 453 g/mol. The third-order valence-corrected chi connectivity index (χ3v) is 5.68. The Hall–Kier alpha value is -1.58. The van der Waals surface area contributed by atoms with E-state index in [4.69, 9.17) is 51.1 Å². The average molecular weight is 455 g/mol. The van der Waals surface area contributed by atoms with Gasteiger partial charge in [0.25, 0.3) is 0 Å². The van der Waals surface area contributed by atoms with Gasteiger partial charge in [-0.3, -0.25) is 0 Å². The van der Waals surface area contributed by atoms with Crippen molar-refractivity contribution < 1.29 is 4.74 Å². The summed E-state index contributed by atoms with van der Waals surface area (Å²) in [4.78, 5) is 0. The molecule has 0 aliphatic heterocycles. The van der Waals surface area contributed by atoms with Gasteiger partial charge in [-0.1, -0.05) is 64.6 Å². The molecule has 0 amide bonds. The predicted octanol–water partition coefficient (Wildman–Crippen LogP) is 8.11. The SMILES string of the molecule is Cc1cccc(NCc2cc(Cl)c(OCc3ccc(Cl)cc3Cl)c(Cl)c2)c1C. The summed E-state index contributed by atoms with van der Waals surface area (Å²) in [5.41, 5.74) is 5.32. The zero-order chi connectivity index (χ0) is 20.3. The molecule has 1 N–H and O–H groups in total. The highest BCUT2D eigenvalue weighted by atomic mass is 35.5. The Morgan fingerprint density at radius 1 is 0.857 bits per heavy atom. The van der Waals surface area contributed by atoms with Gasteiger partial charge >= 0.3 is 0 Å². The third-order valence-electron chi connectivity index (χ3n) is 4.53. The Kier molecular flexibility index (Phi) is 7.00. The lowest BCUT2D eigenvalue weighted by Gasteiger charge is -2.15. The molecule has 28 heavy (non-hydrogen) atoms. The van der Waals surface area contributed by atoms with E-state index in [9.17, 15) is 0 Å². The van der Waals surface area contributed by atoms with Gasteiger partial charge < -0.3 is 10.1 Å². The van der Waals surface area contributed by atoms with Gasteiger partial charge in [-0.2, -0.15) is 0 Å². The minimum absolute atomic E-state index is 0.246. The zero-order valence-corrected chi connectivity index (χ0v) is 18.5. The fourth-order valence-electron chi connectivity index (χ4n) is 2.78. The summed E-state index contributed by atoms with van der Waals surface area (Å²) in [6.07, 6.45) is 0. The highest BCUT2D eigenvalue weighted by molar-refractivity contribution is 6.37. The molecule has 0 saturated heterocycles. The minimum atomic E-state index is 0.246.